The van der Waals surface area contributed by atoms with Crippen molar-refractivity contribution in [2.75, 3.05) is 5.73 Å². The molecule has 3 nitrogen and oxygen atoms in total. The molecule has 0 saturated carbocycles. The van der Waals surface area contributed by atoms with Crippen molar-refractivity contribution in [3.05, 3.63) is 39.3 Å². The normalized spacial score (nSPS) is 10.2. The molecule has 2 rings (SSSR count). The predicted molar refractivity (Wildman–Crippen MR) is 54.8 cm³/mol. The van der Waals surface area contributed by atoms with Crippen LogP contribution in [-0.4, -0.2) is 4.98 Å². The van der Waals surface area contributed by atoms with Crippen LogP contribution in [0.25, 0.3) is 11.3 Å². The summed E-state index contributed by atoms with van der Waals surface area (Å²) in [5.74, 6) is 0. The number of nitrogens with one attached hydrogen (secondary N) is 1. The van der Waals surface area contributed by atoms with Crippen LogP contribution in [0.2, 0.25) is 0 Å². The van der Waals surface area contributed by atoms with E-state index in [-0.39, 0.29) is 4.87 Å². The summed E-state index contributed by atoms with van der Waals surface area (Å²) in [6.07, 6.45) is 0. The number of benzene rings is 1. The molecule has 0 amide bonds. The van der Waals surface area contributed by atoms with Gasteiger partial charge in [-0.3, -0.25) is 4.79 Å². The molecule has 0 spiro atoms. The summed E-state index contributed by atoms with van der Waals surface area (Å²) in [6.45, 7) is 0. The molecular weight excluding hydrogens is 184 g/mol. The van der Waals surface area contributed by atoms with Gasteiger partial charge in [-0.1, -0.05) is 29.5 Å². The van der Waals surface area contributed by atoms with E-state index in [1.54, 1.807) is 5.38 Å². The fourth-order valence-electron chi connectivity index (χ4n) is 1.15. The Morgan fingerprint density at radius 3 is 2.69 bits per heavy atom. The molecule has 0 unspecified atom stereocenters. The molecule has 0 aliphatic rings. The van der Waals surface area contributed by atoms with Gasteiger partial charge in [0.25, 0.3) is 0 Å². The van der Waals surface area contributed by atoms with Gasteiger partial charge in [0.05, 0.1) is 5.69 Å². The molecule has 4 heteroatoms. The quantitative estimate of drug-likeness (QED) is 0.675. The van der Waals surface area contributed by atoms with E-state index in [2.05, 4.69) is 4.98 Å². The lowest BCUT2D eigenvalue weighted by atomic mass is 10.1. The molecule has 66 valence electrons. The first-order valence-electron chi connectivity index (χ1n) is 3.80. The van der Waals surface area contributed by atoms with Gasteiger partial charge in [0.1, 0.15) is 0 Å². The van der Waals surface area contributed by atoms with E-state index in [9.17, 15) is 4.79 Å². The molecule has 1 heterocycles. The van der Waals surface area contributed by atoms with Crippen LogP contribution >= 0.6 is 11.3 Å². The van der Waals surface area contributed by atoms with Gasteiger partial charge in [-0.05, 0) is 6.07 Å². The van der Waals surface area contributed by atoms with Crippen LogP contribution in [0.4, 0.5) is 5.69 Å². The summed E-state index contributed by atoms with van der Waals surface area (Å²) in [4.78, 5) is 13.6. The summed E-state index contributed by atoms with van der Waals surface area (Å²) in [5.41, 5.74) is 8.08. The third-order valence-electron chi connectivity index (χ3n) is 1.77. The molecule has 3 N–H and O–H groups in total. The first kappa shape index (κ1) is 8.07. The number of nitrogen functional groups attached to an aromatic ring is 1. The Balaban J connectivity index is 2.58. The van der Waals surface area contributed by atoms with E-state index in [4.69, 9.17) is 5.73 Å². The van der Waals surface area contributed by atoms with Crippen LogP contribution in [0.15, 0.2) is 34.4 Å². The molecule has 1 aromatic carbocycles. The molecule has 0 bridgehead atoms. The van der Waals surface area contributed by atoms with Gasteiger partial charge in [0.15, 0.2) is 0 Å². The summed E-state index contributed by atoms with van der Waals surface area (Å²) < 4.78 is 0. The number of para-hydroxylation sites is 1. The fraction of sp³-hybridized carbons (Fsp3) is 0. The Hall–Kier alpha value is -1.55. The van der Waals surface area contributed by atoms with Crippen molar-refractivity contribution in [2.24, 2.45) is 0 Å². The van der Waals surface area contributed by atoms with Crippen molar-refractivity contribution in [3.63, 3.8) is 0 Å². The lowest BCUT2D eigenvalue weighted by Crippen LogP contribution is -1.94. The molecule has 1 aromatic heterocycles. The number of hydrogen-bond acceptors (Lipinski definition) is 3. The van der Waals surface area contributed by atoms with Crippen LogP contribution in [0.3, 0.4) is 0 Å². The Bertz CT molecular complexity index is 472. The van der Waals surface area contributed by atoms with Gasteiger partial charge in [-0.2, -0.15) is 0 Å². The maximum absolute atomic E-state index is 10.9. The highest BCUT2D eigenvalue weighted by molar-refractivity contribution is 7.07. The molecule has 0 fully saturated rings. The maximum atomic E-state index is 10.9. The largest absolute Gasteiger partial charge is 0.398 e. The number of hydrogen-bond donors (Lipinski definition) is 2. The summed E-state index contributed by atoms with van der Waals surface area (Å²) in [7, 11) is 0. The number of aromatic amines is 1. The highest BCUT2D eigenvalue weighted by atomic mass is 32.1. The molecule has 2 aromatic rings. The third kappa shape index (κ3) is 1.48. The molecule has 0 radical (unpaired) electrons. The van der Waals surface area contributed by atoms with Crippen molar-refractivity contribution in [1.82, 2.24) is 4.98 Å². The summed E-state index contributed by atoms with van der Waals surface area (Å²) in [6, 6.07) is 7.45. The SMILES string of the molecule is Nc1ccccc1-c1csc(=O)[nH]1. The minimum atomic E-state index is -0.0572. The highest BCUT2D eigenvalue weighted by Gasteiger charge is 2.02. The van der Waals surface area contributed by atoms with E-state index in [1.807, 2.05) is 24.3 Å². The molecule has 0 saturated heterocycles. The average molecular weight is 192 g/mol. The monoisotopic (exact) mass is 192 g/mol. The number of H-pyrrole nitrogens is 1. The van der Waals surface area contributed by atoms with E-state index in [0.29, 0.717) is 5.69 Å². The predicted octanol–water partition coefficient (Wildman–Crippen LogP) is 1.69. The number of aromatic nitrogens is 1. The van der Waals surface area contributed by atoms with Crippen molar-refractivity contribution in [2.45, 2.75) is 0 Å². The Morgan fingerprint density at radius 2 is 2.08 bits per heavy atom. The second kappa shape index (κ2) is 3.06. The lowest BCUT2D eigenvalue weighted by Gasteiger charge is -2.00. The number of nitrogens with two attached hydrogens (primary N) is 1. The van der Waals surface area contributed by atoms with E-state index in [1.165, 1.54) is 0 Å². The highest BCUT2D eigenvalue weighted by Crippen LogP contribution is 2.23. The average Bonchev–Trinajstić information content (AvgIpc) is 2.53. The Morgan fingerprint density at radius 1 is 1.31 bits per heavy atom. The van der Waals surface area contributed by atoms with Crippen molar-refractivity contribution >= 4 is 17.0 Å². The summed E-state index contributed by atoms with van der Waals surface area (Å²) >= 11 is 1.14. The zero-order valence-electron chi connectivity index (χ0n) is 6.78. The number of rotatable bonds is 1. The van der Waals surface area contributed by atoms with Crippen LogP contribution in [0.1, 0.15) is 0 Å². The standard InChI is InChI=1S/C9H8N2OS/c10-7-4-2-1-3-6(7)8-5-13-9(12)11-8/h1-5H,10H2,(H,11,12). The zero-order valence-corrected chi connectivity index (χ0v) is 7.60. The van der Waals surface area contributed by atoms with E-state index >= 15 is 0 Å². The van der Waals surface area contributed by atoms with E-state index < -0.39 is 0 Å². The van der Waals surface area contributed by atoms with Crippen LogP contribution in [-0.2, 0) is 0 Å². The summed E-state index contributed by atoms with van der Waals surface area (Å²) in [5, 5.41) is 1.77. The van der Waals surface area contributed by atoms with Crippen LogP contribution in [0, 0.1) is 0 Å². The second-order valence-corrected chi connectivity index (χ2v) is 3.49. The Kier molecular flexibility index (Phi) is 1.90. The van der Waals surface area contributed by atoms with Gasteiger partial charge < -0.3 is 10.7 Å². The fourth-order valence-corrected chi connectivity index (χ4v) is 1.73. The van der Waals surface area contributed by atoms with E-state index in [0.717, 1.165) is 22.6 Å². The maximum Gasteiger partial charge on any atom is 0.304 e. The second-order valence-electron chi connectivity index (χ2n) is 2.65. The van der Waals surface area contributed by atoms with Crippen molar-refractivity contribution < 1.29 is 0 Å². The van der Waals surface area contributed by atoms with Gasteiger partial charge in [0, 0.05) is 16.6 Å². The number of anilines is 1. The molecule has 13 heavy (non-hydrogen) atoms. The van der Waals surface area contributed by atoms with Gasteiger partial charge in [0.2, 0.25) is 0 Å². The topological polar surface area (TPSA) is 58.9 Å². The smallest absolute Gasteiger partial charge is 0.304 e. The van der Waals surface area contributed by atoms with Gasteiger partial charge >= 0.3 is 4.87 Å². The molecule has 0 atom stereocenters. The van der Waals surface area contributed by atoms with Crippen molar-refractivity contribution in [1.29, 1.82) is 0 Å². The molecule has 0 aliphatic heterocycles. The van der Waals surface area contributed by atoms with Gasteiger partial charge in [-0.25, -0.2) is 0 Å². The van der Waals surface area contributed by atoms with Gasteiger partial charge in [-0.15, -0.1) is 0 Å². The number of thiazole rings is 1. The minimum absolute atomic E-state index is 0.0572. The first-order chi connectivity index (χ1) is 6.27. The van der Waals surface area contributed by atoms with Crippen LogP contribution in [0.5, 0.6) is 0 Å². The minimum Gasteiger partial charge on any atom is -0.398 e. The molecular formula is C9H8N2OS. The third-order valence-corrected chi connectivity index (χ3v) is 2.44. The lowest BCUT2D eigenvalue weighted by molar-refractivity contribution is 1.34. The molecule has 0 aliphatic carbocycles. The Labute approximate surface area is 78.8 Å². The zero-order chi connectivity index (χ0) is 9.26. The van der Waals surface area contributed by atoms with Crippen LogP contribution < -0.4 is 10.6 Å². The first-order valence-corrected chi connectivity index (χ1v) is 4.68. The van der Waals surface area contributed by atoms with Crippen molar-refractivity contribution in [3.8, 4) is 11.3 Å².